The fourth-order valence-corrected chi connectivity index (χ4v) is 3.90. The number of benzene rings is 1. The Balaban J connectivity index is 1.80. The van der Waals surface area contributed by atoms with Gasteiger partial charge in [-0.2, -0.15) is 0 Å². The van der Waals surface area contributed by atoms with E-state index in [9.17, 15) is 0 Å². The quantitative estimate of drug-likeness (QED) is 0.354. The van der Waals surface area contributed by atoms with E-state index in [1.807, 2.05) is 24.3 Å². The van der Waals surface area contributed by atoms with Gasteiger partial charge < -0.3 is 10.2 Å². The summed E-state index contributed by atoms with van der Waals surface area (Å²) in [5.41, 5.74) is 6.26. The van der Waals surface area contributed by atoms with Crippen LogP contribution in [0, 0.1) is 0 Å². The van der Waals surface area contributed by atoms with E-state index in [0.717, 1.165) is 65.7 Å². The maximum atomic E-state index is 5.09. The van der Waals surface area contributed by atoms with Crippen LogP contribution in [0.2, 0.25) is 0 Å². The molecular formula is C21H29N5OS. The lowest BCUT2D eigenvalue weighted by Crippen LogP contribution is -2.24. The molecule has 28 heavy (non-hydrogen) atoms. The Labute approximate surface area is 170 Å². The van der Waals surface area contributed by atoms with Gasteiger partial charge in [0.1, 0.15) is 11.2 Å². The second-order valence-corrected chi connectivity index (χ2v) is 7.49. The van der Waals surface area contributed by atoms with Crippen LogP contribution in [0.1, 0.15) is 26.7 Å². The Morgan fingerprint density at radius 2 is 1.93 bits per heavy atom. The summed E-state index contributed by atoms with van der Waals surface area (Å²) in [5, 5.41) is 5.59. The molecule has 0 aliphatic carbocycles. The number of nitrogens with zero attached hydrogens (tertiary/aromatic N) is 3. The summed E-state index contributed by atoms with van der Waals surface area (Å²) in [6.45, 7) is 8.66. The summed E-state index contributed by atoms with van der Waals surface area (Å²) in [4.78, 5) is 18.5. The molecule has 0 amide bonds. The van der Waals surface area contributed by atoms with Crippen LogP contribution in [-0.2, 0) is 4.84 Å². The number of hydrogen-bond donors (Lipinski definition) is 2. The molecule has 0 saturated heterocycles. The number of anilines is 2. The molecule has 0 bridgehead atoms. The second-order valence-electron chi connectivity index (χ2n) is 6.54. The molecule has 0 fully saturated rings. The van der Waals surface area contributed by atoms with Crippen molar-refractivity contribution in [1.29, 1.82) is 0 Å². The van der Waals surface area contributed by atoms with Gasteiger partial charge in [0.2, 0.25) is 0 Å². The van der Waals surface area contributed by atoms with Crippen molar-refractivity contribution in [1.82, 2.24) is 14.9 Å². The number of thiophene rings is 1. The number of fused-ring (bicyclic) bond motifs is 1. The molecule has 0 unspecified atom stereocenters. The molecule has 2 N–H and O–H groups in total. The van der Waals surface area contributed by atoms with Gasteiger partial charge in [0.05, 0.1) is 23.2 Å². The lowest BCUT2D eigenvalue weighted by Gasteiger charge is -2.18. The van der Waals surface area contributed by atoms with Crippen LogP contribution in [0.5, 0.6) is 0 Å². The summed E-state index contributed by atoms with van der Waals surface area (Å²) in [7, 11) is 1.60. The number of rotatable bonds is 11. The first kappa shape index (κ1) is 20.5. The second kappa shape index (κ2) is 10.4. The van der Waals surface area contributed by atoms with Crippen molar-refractivity contribution in [2.45, 2.75) is 26.7 Å². The molecule has 7 heteroatoms. The molecule has 150 valence electrons. The zero-order valence-electron chi connectivity index (χ0n) is 16.9. The number of para-hydroxylation sites is 1. The predicted octanol–water partition coefficient (Wildman–Crippen LogP) is 4.87. The fraction of sp³-hybridized carbons (Fsp3) is 0.429. The average molecular weight is 400 g/mol. The molecule has 0 radical (unpaired) electrons. The molecular weight excluding hydrogens is 370 g/mol. The predicted molar refractivity (Wildman–Crippen MR) is 119 cm³/mol. The Morgan fingerprint density at radius 3 is 2.64 bits per heavy atom. The van der Waals surface area contributed by atoms with Crippen molar-refractivity contribution < 1.29 is 4.84 Å². The molecule has 2 aromatic heterocycles. The minimum absolute atomic E-state index is 0.801. The third-order valence-electron chi connectivity index (χ3n) is 4.75. The number of aromatic nitrogens is 2. The highest BCUT2D eigenvalue weighted by atomic mass is 32.1. The molecule has 0 atom stereocenters. The standard InChI is InChI=1S/C21H29N5OS/c1-4-26(5-2)14-7-6-13-22-21-20(18-12-9-15-28-18)23-16-10-8-11-17(25-27-3)19(16)24-21/h8-12,15,25H,4-7,13-14H2,1-3H3,(H,22,24). The van der Waals surface area contributed by atoms with Crippen LogP contribution in [0.25, 0.3) is 21.6 Å². The Hall–Kier alpha value is -2.22. The molecule has 2 heterocycles. The summed E-state index contributed by atoms with van der Waals surface area (Å²) in [5.74, 6) is 0.822. The van der Waals surface area contributed by atoms with E-state index in [-0.39, 0.29) is 0 Å². The molecule has 6 nitrogen and oxygen atoms in total. The minimum Gasteiger partial charge on any atom is -0.368 e. The summed E-state index contributed by atoms with van der Waals surface area (Å²) in [6.07, 6.45) is 2.26. The first-order valence-corrected chi connectivity index (χ1v) is 10.7. The van der Waals surface area contributed by atoms with Crippen molar-refractivity contribution in [3.05, 3.63) is 35.7 Å². The number of unbranched alkanes of at least 4 members (excludes halogenated alkanes) is 1. The van der Waals surface area contributed by atoms with E-state index in [0.29, 0.717) is 0 Å². The van der Waals surface area contributed by atoms with Crippen molar-refractivity contribution in [2.24, 2.45) is 0 Å². The lowest BCUT2D eigenvalue weighted by atomic mass is 10.2. The average Bonchev–Trinajstić information content (AvgIpc) is 3.25. The first-order chi connectivity index (χ1) is 13.8. The maximum Gasteiger partial charge on any atom is 0.154 e. The van der Waals surface area contributed by atoms with Gasteiger partial charge in [-0.15, -0.1) is 11.3 Å². The van der Waals surface area contributed by atoms with Crippen LogP contribution in [-0.4, -0.2) is 48.2 Å². The van der Waals surface area contributed by atoms with Gasteiger partial charge in [-0.1, -0.05) is 26.0 Å². The molecule has 3 aromatic rings. The van der Waals surface area contributed by atoms with Gasteiger partial charge in [-0.05, 0) is 56.1 Å². The number of hydrogen-bond acceptors (Lipinski definition) is 7. The SMILES string of the molecule is CCN(CC)CCCCNc1nc2c(NOC)cccc2nc1-c1cccs1. The Kier molecular flexibility index (Phi) is 7.59. The van der Waals surface area contributed by atoms with Crippen LogP contribution in [0.4, 0.5) is 11.5 Å². The lowest BCUT2D eigenvalue weighted by molar-refractivity contribution is 0.271. The maximum absolute atomic E-state index is 5.09. The van der Waals surface area contributed by atoms with Gasteiger partial charge in [-0.3, -0.25) is 10.3 Å². The van der Waals surface area contributed by atoms with Gasteiger partial charge in [0, 0.05) is 6.54 Å². The summed E-state index contributed by atoms with van der Waals surface area (Å²) < 4.78 is 0. The monoisotopic (exact) mass is 399 g/mol. The molecule has 1 aromatic carbocycles. The fourth-order valence-electron chi connectivity index (χ4n) is 3.18. The highest BCUT2D eigenvalue weighted by Crippen LogP contribution is 2.32. The normalized spacial score (nSPS) is 11.3. The molecule has 3 rings (SSSR count). The van der Waals surface area contributed by atoms with E-state index in [1.54, 1.807) is 18.4 Å². The van der Waals surface area contributed by atoms with Crippen LogP contribution >= 0.6 is 11.3 Å². The van der Waals surface area contributed by atoms with Crippen LogP contribution in [0.15, 0.2) is 35.7 Å². The highest BCUT2D eigenvalue weighted by Gasteiger charge is 2.14. The van der Waals surface area contributed by atoms with Crippen molar-refractivity contribution >= 4 is 33.9 Å². The first-order valence-electron chi connectivity index (χ1n) is 9.86. The Bertz CT molecular complexity index is 865. The third-order valence-corrected chi connectivity index (χ3v) is 5.63. The molecule has 0 aliphatic rings. The topological polar surface area (TPSA) is 62.3 Å². The van der Waals surface area contributed by atoms with Gasteiger partial charge in [0.25, 0.3) is 0 Å². The third kappa shape index (κ3) is 4.98. The summed E-state index contributed by atoms with van der Waals surface area (Å²) >= 11 is 1.68. The van der Waals surface area contributed by atoms with Crippen LogP contribution in [0.3, 0.4) is 0 Å². The smallest absolute Gasteiger partial charge is 0.154 e. The Morgan fingerprint density at radius 1 is 1.07 bits per heavy atom. The zero-order valence-corrected chi connectivity index (χ0v) is 17.7. The van der Waals surface area contributed by atoms with Gasteiger partial charge in [-0.25, -0.2) is 9.97 Å². The van der Waals surface area contributed by atoms with Gasteiger partial charge in [0.15, 0.2) is 5.82 Å². The number of nitrogens with one attached hydrogen (secondary N) is 2. The summed E-state index contributed by atoms with van der Waals surface area (Å²) in [6, 6.07) is 10.0. The molecule has 0 aliphatic heterocycles. The van der Waals surface area contributed by atoms with Gasteiger partial charge >= 0.3 is 0 Å². The minimum atomic E-state index is 0.801. The van der Waals surface area contributed by atoms with E-state index in [1.165, 1.54) is 6.42 Å². The molecule has 0 spiro atoms. The van der Waals surface area contributed by atoms with E-state index in [4.69, 9.17) is 14.8 Å². The van der Waals surface area contributed by atoms with Crippen molar-refractivity contribution in [2.75, 3.05) is 44.1 Å². The highest BCUT2D eigenvalue weighted by molar-refractivity contribution is 7.13. The van der Waals surface area contributed by atoms with Crippen LogP contribution < -0.4 is 10.8 Å². The van der Waals surface area contributed by atoms with E-state index in [2.05, 4.69) is 41.0 Å². The van der Waals surface area contributed by atoms with Crippen molar-refractivity contribution in [3.8, 4) is 10.6 Å². The zero-order chi connectivity index (χ0) is 19.8. The largest absolute Gasteiger partial charge is 0.368 e. The van der Waals surface area contributed by atoms with Crippen molar-refractivity contribution in [3.63, 3.8) is 0 Å². The van der Waals surface area contributed by atoms with E-state index < -0.39 is 0 Å². The van der Waals surface area contributed by atoms with E-state index >= 15 is 0 Å². The molecule has 0 saturated carbocycles.